The molecule has 0 unspecified atom stereocenters. The van der Waals surface area contributed by atoms with E-state index in [1.807, 2.05) is 37.3 Å². The van der Waals surface area contributed by atoms with Crippen molar-refractivity contribution in [1.29, 1.82) is 0 Å². The second-order valence-electron chi connectivity index (χ2n) is 6.93. The van der Waals surface area contributed by atoms with E-state index in [2.05, 4.69) is 54.4 Å². The third kappa shape index (κ3) is 4.02. The second-order valence-corrected chi connectivity index (χ2v) is 7.37. The van der Waals surface area contributed by atoms with Gasteiger partial charge in [-0.1, -0.05) is 66.2 Å². The fourth-order valence-corrected chi connectivity index (χ4v) is 3.52. The molecule has 0 aliphatic heterocycles. The smallest absolute Gasteiger partial charge is 0.149 e. The number of hydrogen-bond acceptors (Lipinski definition) is 2. The standard InChI is InChI=1S/C25H21ClNO/c1-17-24-15-21(14-19-8-11-22(26)12-9-19)10-13-23(24)25(18(2)27-17)28-16-20-6-4-3-5-7-20/h3-13,15H,2,14,16H2,1H3. The molecule has 28 heavy (non-hydrogen) atoms. The van der Waals surface area contributed by atoms with Gasteiger partial charge in [0, 0.05) is 21.5 Å². The summed E-state index contributed by atoms with van der Waals surface area (Å²) in [6.45, 7) is 6.61. The highest BCUT2D eigenvalue weighted by atomic mass is 35.5. The number of aromatic nitrogens is 1. The van der Waals surface area contributed by atoms with E-state index in [-0.39, 0.29) is 0 Å². The summed E-state index contributed by atoms with van der Waals surface area (Å²) in [7, 11) is 0. The van der Waals surface area contributed by atoms with E-state index >= 15 is 0 Å². The van der Waals surface area contributed by atoms with Gasteiger partial charge in [-0.05, 0) is 55.2 Å². The summed E-state index contributed by atoms with van der Waals surface area (Å²) in [6, 6.07) is 24.6. The summed E-state index contributed by atoms with van der Waals surface area (Å²) in [6.07, 6.45) is 0.846. The Bertz CT molecular complexity index is 1100. The van der Waals surface area contributed by atoms with Crippen LogP contribution in [-0.2, 0) is 13.0 Å². The molecular formula is C25H21ClNO. The highest BCUT2D eigenvalue weighted by Gasteiger charge is 2.12. The lowest BCUT2D eigenvalue weighted by molar-refractivity contribution is 0.307. The van der Waals surface area contributed by atoms with Crippen LogP contribution in [0.3, 0.4) is 0 Å². The Labute approximate surface area is 170 Å². The molecule has 0 spiro atoms. The SMILES string of the molecule is [CH2]c1nc(C)c2cc(Cc3ccc(Cl)cc3)ccc2c1OCc1ccccc1. The van der Waals surface area contributed by atoms with E-state index in [0.717, 1.165) is 39.2 Å². The van der Waals surface area contributed by atoms with Crippen LogP contribution in [0.5, 0.6) is 5.75 Å². The van der Waals surface area contributed by atoms with E-state index in [9.17, 15) is 0 Å². The lowest BCUT2D eigenvalue weighted by atomic mass is 10.00. The average molecular weight is 387 g/mol. The van der Waals surface area contributed by atoms with Crippen LogP contribution >= 0.6 is 11.6 Å². The van der Waals surface area contributed by atoms with Gasteiger partial charge in [0.15, 0.2) is 0 Å². The Hall–Kier alpha value is -2.84. The van der Waals surface area contributed by atoms with Crippen molar-refractivity contribution in [3.8, 4) is 5.75 Å². The molecule has 4 rings (SSSR count). The summed E-state index contributed by atoms with van der Waals surface area (Å²) in [4.78, 5) is 4.62. The molecule has 1 aromatic heterocycles. The molecule has 0 N–H and O–H groups in total. The topological polar surface area (TPSA) is 22.1 Å². The van der Waals surface area contributed by atoms with E-state index in [4.69, 9.17) is 16.3 Å². The Morgan fingerprint density at radius 3 is 2.32 bits per heavy atom. The fraction of sp³-hybridized carbons (Fsp3) is 0.120. The maximum atomic E-state index is 6.12. The number of halogens is 1. The predicted molar refractivity (Wildman–Crippen MR) is 116 cm³/mol. The molecule has 139 valence electrons. The first-order valence-electron chi connectivity index (χ1n) is 9.26. The van der Waals surface area contributed by atoms with E-state index in [1.54, 1.807) is 0 Å². The zero-order chi connectivity index (χ0) is 19.5. The maximum absolute atomic E-state index is 6.12. The van der Waals surface area contributed by atoms with E-state index < -0.39 is 0 Å². The molecule has 3 heteroatoms. The van der Waals surface area contributed by atoms with Crippen molar-refractivity contribution in [3.63, 3.8) is 0 Å². The molecule has 2 nitrogen and oxygen atoms in total. The fourth-order valence-electron chi connectivity index (χ4n) is 3.40. The van der Waals surface area contributed by atoms with Crippen molar-refractivity contribution in [1.82, 2.24) is 4.98 Å². The van der Waals surface area contributed by atoms with E-state index in [1.165, 1.54) is 11.1 Å². The quantitative estimate of drug-likeness (QED) is 0.388. The summed E-state index contributed by atoms with van der Waals surface area (Å²) < 4.78 is 6.12. The first-order chi connectivity index (χ1) is 13.6. The Balaban J connectivity index is 1.66. The predicted octanol–water partition coefficient (Wildman–Crippen LogP) is 6.55. The molecule has 4 aromatic rings. The number of nitrogens with zero attached hydrogens (tertiary/aromatic N) is 1. The lowest BCUT2D eigenvalue weighted by Crippen LogP contribution is -2.01. The zero-order valence-corrected chi connectivity index (χ0v) is 16.5. The third-order valence-corrected chi connectivity index (χ3v) is 5.08. The number of ether oxygens (including phenoxy) is 1. The van der Waals surface area contributed by atoms with Crippen LogP contribution < -0.4 is 4.74 Å². The van der Waals surface area contributed by atoms with Gasteiger partial charge in [0.05, 0.1) is 5.69 Å². The number of fused-ring (bicyclic) bond motifs is 1. The molecule has 0 fully saturated rings. The van der Waals surface area contributed by atoms with Gasteiger partial charge in [-0.2, -0.15) is 0 Å². The van der Waals surface area contributed by atoms with Gasteiger partial charge in [0.2, 0.25) is 0 Å². The van der Waals surface area contributed by atoms with Crippen LogP contribution in [0.2, 0.25) is 5.02 Å². The first kappa shape index (κ1) is 18.5. The van der Waals surface area contributed by atoms with Crippen LogP contribution in [0.15, 0.2) is 72.8 Å². The van der Waals surface area contributed by atoms with Crippen LogP contribution in [0, 0.1) is 13.8 Å². The van der Waals surface area contributed by atoms with Gasteiger partial charge in [0.1, 0.15) is 12.4 Å². The molecule has 0 aliphatic rings. The monoisotopic (exact) mass is 386 g/mol. The van der Waals surface area contributed by atoms with Crippen LogP contribution in [0.1, 0.15) is 28.1 Å². The number of hydrogen-bond donors (Lipinski definition) is 0. The van der Waals surface area contributed by atoms with Crippen molar-refractivity contribution in [3.05, 3.63) is 113 Å². The minimum atomic E-state index is 0.496. The molecule has 0 saturated carbocycles. The second kappa shape index (κ2) is 8.04. The van der Waals surface area contributed by atoms with Gasteiger partial charge < -0.3 is 4.74 Å². The minimum absolute atomic E-state index is 0.496. The summed E-state index contributed by atoms with van der Waals surface area (Å²) in [5, 5.41) is 2.90. The van der Waals surface area contributed by atoms with Crippen molar-refractivity contribution < 1.29 is 4.74 Å². The van der Waals surface area contributed by atoms with Crippen molar-refractivity contribution in [2.75, 3.05) is 0 Å². The Morgan fingerprint density at radius 1 is 0.857 bits per heavy atom. The summed E-state index contributed by atoms with van der Waals surface area (Å²) in [5.74, 6) is 0.752. The molecule has 0 bridgehead atoms. The molecule has 0 aliphatic carbocycles. The number of rotatable bonds is 5. The summed E-state index contributed by atoms with van der Waals surface area (Å²) >= 11 is 5.99. The third-order valence-electron chi connectivity index (χ3n) is 4.83. The normalized spacial score (nSPS) is 11.0. The van der Waals surface area contributed by atoms with Gasteiger partial charge in [0.25, 0.3) is 0 Å². The van der Waals surface area contributed by atoms with Gasteiger partial charge in [-0.3, -0.25) is 4.98 Å². The van der Waals surface area contributed by atoms with Crippen LogP contribution in [-0.4, -0.2) is 4.98 Å². The largest absolute Gasteiger partial charge is 0.486 e. The number of pyridine rings is 1. The minimum Gasteiger partial charge on any atom is -0.486 e. The van der Waals surface area contributed by atoms with E-state index in [0.29, 0.717) is 12.3 Å². The molecular weight excluding hydrogens is 366 g/mol. The molecule has 3 aromatic carbocycles. The average Bonchev–Trinajstić information content (AvgIpc) is 2.71. The van der Waals surface area contributed by atoms with Crippen LogP contribution in [0.4, 0.5) is 0 Å². The van der Waals surface area contributed by atoms with Crippen LogP contribution in [0.25, 0.3) is 10.8 Å². The van der Waals surface area contributed by atoms with Crippen molar-refractivity contribution in [2.24, 2.45) is 0 Å². The van der Waals surface area contributed by atoms with Gasteiger partial charge in [-0.25, -0.2) is 0 Å². The maximum Gasteiger partial charge on any atom is 0.149 e. The highest BCUT2D eigenvalue weighted by Crippen LogP contribution is 2.32. The Morgan fingerprint density at radius 2 is 1.57 bits per heavy atom. The van der Waals surface area contributed by atoms with Crippen molar-refractivity contribution in [2.45, 2.75) is 20.0 Å². The Kier molecular flexibility index (Phi) is 5.31. The molecule has 0 saturated heterocycles. The zero-order valence-electron chi connectivity index (χ0n) is 15.8. The molecule has 0 atom stereocenters. The molecule has 0 amide bonds. The molecule has 1 radical (unpaired) electrons. The van der Waals surface area contributed by atoms with Crippen molar-refractivity contribution >= 4 is 22.4 Å². The van der Waals surface area contributed by atoms with Gasteiger partial charge in [-0.15, -0.1) is 0 Å². The van der Waals surface area contributed by atoms with Gasteiger partial charge >= 0.3 is 0 Å². The lowest BCUT2D eigenvalue weighted by Gasteiger charge is -2.14. The number of benzene rings is 3. The first-order valence-corrected chi connectivity index (χ1v) is 9.64. The highest BCUT2D eigenvalue weighted by molar-refractivity contribution is 6.30. The summed E-state index contributed by atoms with van der Waals surface area (Å²) in [5.41, 5.74) is 5.21. The number of aryl methyl sites for hydroxylation is 1. The molecule has 1 heterocycles.